The summed E-state index contributed by atoms with van der Waals surface area (Å²) in [5.41, 5.74) is 1.10. The van der Waals surface area contributed by atoms with Gasteiger partial charge < -0.3 is 5.32 Å². The maximum atomic E-state index is 12.7. The standard InChI is InChI=1S/C20H20Cl2N4O3S2/c1-12(2)19-24-25-20(30-19)26-31(28,29)17-9-8-14(10-15(17)21)16(22)11-23-18(27)13-6-4-3-5-7-13/h3-10,12,16H,11H2,1-2H3,(H,23,27)(H,25,26). The second-order valence-electron chi connectivity index (χ2n) is 6.94. The number of nitrogens with zero attached hydrogens (tertiary/aromatic N) is 2. The molecule has 0 spiro atoms. The van der Waals surface area contributed by atoms with Gasteiger partial charge in [-0.15, -0.1) is 21.8 Å². The number of sulfonamides is 1. The minimum atomic E-state index is -3.95. The number of amides is 1. The van der Waals surface area contributed by atoms with Crippen LogP contribution in [-0.4, -0.2) is 31.1 Å². The van der Waals surface area contributed by atoms with Gasteiger partial charge >= 0.3 is 0 Å². The van der Waals surface area contributed by atoms with Gasteiger partial charge in [0, 0.05) is 18.0 Å². The highest BCUT2D eigenvalue weighted by Gasteiger charge is 2.22. The van der Waals surface area contributed by atoms with Crippen molar-refractivity contribution in [2.75, 3.05) is 11.3 Å². The molecule has 0 saturated heterocycles. The Bertz CT molecular complexity index is 1170. The van der Waals surface area contributed by atoms with Crippen molar-refractivity contribution in [3.63, 3.8) is 0 Å². The number of rotatable bonds is 8. The third-order valence-corrected chi connectivity index (χ3v) is 7.74. The quantitative estimate of drug-likeness (QED) is 0.433. The first-order valence-corrected chi connectivity index (χ1v) is 12.4. The van der Waals surface area contributed by atoms with Crippen molar-refractivity contribution in [1.29, 1.82) is 0 Å². The highest BCUT2D eigenvalue weighted by atomic mass is 35.5. The summed E-state index contributed by atoms with van der Waals surface area (Å²) in [6.45, 7) is 4.04. The Kier molecular flexibility index (Phi) is 7.53. The van der Waals surface area contributed by atoms with E-state index < -0.39 is 15.4 Å². The Morgan fingerprint density at radius 2 is 1.84 bits per heavy atom. The molecule has 31 heavy (non-hydrogen) atoms. The summed E-state index contributed by atoms with van der Waals surface area (Å²) < 4.78 is 27.8. The molecule has 1 unspecified atom stereocenters. The van der Waals surface area contributed by atoms with E-state index in [1.807, 2.05) is 19.9 Å². The average molecular weight is 499 g/mol. The van der Waals surface area contributed by atoms with E-state index in [1.165, 1.54) is 23.5 Å². The molecule has 0 aliphatic heterocycles. The van der Waals surface area contributed by atoms with Gasteiger partial charge in [0.05, 0.1) is 10.4 Å². The lowest BCUT2D eigenvalue weighted by Gasteiger charge is -2.13. The molecule has 0 saturated carbocycles. The third-order valence-electron chi connectivity index (χ3n) is 4.24. The van der Waals surface area contributed by atoms with Gasteiger partial charge in [0.1, 0.15) is 9.90 Å². The number of hydrogen-bond donors (Lipinski definition) is 2. The summed E-state index contributed by atoms with van der Waals surface area (Å²) >= 11 is 13.8. The summed E-state index contributed by atoms with van der Waals surface area (Å²) in [6.07, 6.45) is 0. The van der Waals surface area contributed by atoms with Crippen molar-refractivity contribution in [1.82, 2.24) is 15.5 Å². The zero-order valence-corrected chi connectivity index (χ0v) is 19.8. The molecule has 1 amide bonds. The van der Waals surface area contributed by atoms with Gasteiger partial charge in [0.15, 0.2) is 0 Å². The minimum Gasteiger partial charge on any atom is -0.350 e. The molecule has 0 aliphatic rings. The molecule has 1 atom stereocenters. The molecule has 1 heterocycles. The average Bonchev–Trinajstić information content (AvgIpc) is 3.20. The summed E-state index contributed by atoms with van der Waals surface area (Å²) in [5, 5.41) is 10.9. The molecule has 2 N–H and O–H groups in total. The molecule has 0 fully saturated rings. The second kappa shape index (κ2) is 9.95. The first-order chi connectivity index (χ1) is 14.7. The van der Waals surface area contributed by atoms with Crippen molar-refractivity contribution in [3.8, 4) is 0 Å². The fourth-order valence-corrected chi connectivity index (χ4v) is 5.34. The van der Waals surface area contributed by atoms with Crippen LogP contribution in [-0.2, 0) is 10.0 Å². The van der Waals surface area contributed by atoms with E-state index in [-0.39, 0.29) is 33.4 Å². The predicted molar refractivity (Wildman–Crippen MR) is 124 cm³/mol. The maximum absolute atomic E-state index is 12.7. The maximum Gasteiger partial charge on any atom is 0.265 e. The number of benzene rings is 2. The normalized spacial score (nSPS) is 12.5. The molecule has 7 nitrogen and oxygen atoms in total. The SMILES string of the molecule is CC(C)c1nnc(NS(=O)(=O)c2ccc(C(Cl)CNC(=O)c3ccccc3)cc2Cl)s1. The predicted octanol–water partition coefficient (Wildman–Crippen LogP) is 4.83. The van der Waals surface area contributed by atoms with E-state index in [0.29, 0.717) is 11.1 Å². The van der Waals surface area contributed by atoms with Crippen LogP contribution in [0.1, 0.15) is 46.1 Å². The van der Waals surface area contributed by atoms with E-state index in [2.05, 4.69) is 20.2 Å². The van der Waals surface area contributed by atoms with Crippen molar-refractivity contribution >= 4 is 55.6 Å². The Hall–Kier alpha value is -2.20. The highest BCUT2D eigenvalue weighted by Crippen LogP contribution is 2.30. The van der Waals surface area contributed by atoms with E-state index in [0.717, 1.165) is 5.01 Å². The first kappa shape index (κ1) is 23.5. The van der Waals surface area contributed by atoms with Crippen LogP contribution < -0.4 is 10.0 Å². The molecule has 3 aromatic rings. The number of carbonyl (C=O) groups excluding carboxylic acids is 1. The van der Waals surface area contributed by atoms with Crippen LogP contribution in [0.5, 0.6) is 0 Å². The molecule has 2 aromatic carbocycles. The number of anilines is 1. The minimum absolute atomic E-state index is 0.0126. The Balaban J connectivity index is 1.68. The van der Waals surface area contributed by atoms with Crippen molar-refractivity contribution in [2.24, 2.45) is 0 Å². The Morgan fingerprint density at radius 3 is 2.45 bits per heavy atom. The molecule has 0 aliphatic carbocycles. The number of hydrogen-bond acceptors (Lipinski definition) is 6. The molecular weight excluding hydrogens is 479 g/mol. The molecule has 3 rings (SSSR count). The molecule has 0 radical (unpaired) electrons. The lowest BCUT2D eigenvalue weighted by atomic mass is 10.1. The van der Waals surface area contributed by atoms with Crippen LogP contribution in [0.2, 0.25) is 5.02 Å². The van der Waals surface area contributed by atoms with Crippen LogP contribution >= 0.6 is 34.5 Å². The van der Waals surface area contributed by atoms with Crippen LogP contribution in [0.15, 0.2) is 53.4 Å². The van der Waals surface area contributed by atoms with Crippen molar-refractivity contribution < 1.29 is 13.2 Å². The fourth-order valence-electron chi connectivity index (χ4n) is 2.60. The summed E-state index contributed by atoms with van der Waals surface area (Å²) in [7, 11) is -3.95. The number of nitrogens with one attached hydrogen (secondary N) is 2. The van der Waals surface area contributed by atoms with Gasteiger partial charge in [0.25, 0.3) is 15.9 Å². The van der Waals surface area contributed by atoms with E-state index in [1.54, 1.807) is 30.3 Å². The van der Waals surface area contributed by atoms with Gasteiger partial charge in [-0.05, 0) is 29.8 Å². The van der Waals surface area contributed by atoms with Crippen LogP contribution in [0.25, 0.3) is 0 Å². The van der Waals surface area contributed by atoms with Crippen LogP contribution in [0.4, 0.5) is 5.13 Å². The van der Waals surface area contributed by atoms with Gasteiger partial charge in [-0.3, -0.25) is 9.52 Å². The lowest BCUT2D eigenvalue weighted by Crippen LogP contribution is -2.26. The number of halogens is 2. The number of aromatic nitrogens is 2. The molecule has 164 valence electrons. The Morgan fingerprint density at radius 1 is 1.13 bits per heavy atom. The zero-order valence-electron chi connectivity index (χ0n) is 16.7. The van der Waals surface area contributed by atoms with E-state index in [9.17, 15) is 13.2 Å². The lowest BCUT2D eigenvalue weighted by molar-refractivity contribution is 0.0953. The highest BCUT2D eigenvalue weighted by molar-refractivity contribution is 7.93. The summed E-state index contributed by atoms with van der Waals surface area (Å²) in [5.74, 6) is -0.111. The number of alkyl halides is 1. The third kappa shape index (κ3) is 5.94. The van der Waals surface area contributed by atoms with Gasteiger partial charge in [-0.25, -0.2) is 8.42 Å². The molecule has 1 aromatic heterocycles. The van der Waals surface area contributed by atoms with Crippen LogP contribution in [0, 0.1) is 0 Å². The van der Waals surface area contributed by atoms with E-state index >= 15 is 0 Å². The number of carbonyl (C=O) groups is 1. The molecular formula is C20H20Cl2N4O3S2. The summed E-state index contributed by atoms with van der Waals surface area (Å²) in [4.78, 5) is 12.1. The topological polar surface area (TPSA) is 101 Å². The molecule has 11 heteroatoms. The fraction of sp³-hybridized carbons (Fsp3) is 0.250. The second-order valence-corrected chi connectivity index (χ2v) is 10.5. The van der Waals surface area contributed by atoms with Crippen molar-refractivity contribution in [2.45, 2.75) is 30.0 Å². The Labute approximate surface area is 194 Å². The van der Waals surface area contributed by atoms with Gasteiger partial charge in [0.2, 0.25) is 5.13 Å². The van der Waals surface area contributed by atoms with Crippen LogP contribution in [0.3, 0.4) is 0 Å². The summed E-state index contributed by atoms with van der Waals surface area (Å²) in [6, 6.07) is 13.2. The first-order valence-electron chi connectivity index (χ1n) is 9.30. The largest absolute Gasteiger partial charge is 0.350 e. The van der Waals surface area contributed by atoms with E-state index in [4.69, 9.17) is 23.2 Å². The van der Waals surface area contributed by atoms with Crippen molar-refractivity contribution in [3.05, 3.63) is 69.7 Å². The van der Waals surface area contributed by atoms with Gasteiger partial charge in [-0.1, -0.05) is 61.1 Å². The zero-order chi connectivity index (χ0) is 22.6. The monoisotopic (exact) mass is 498 g/mol. The molecule has 0 bridgehead atoms. The smallest absolute Gasteiger partial charge is 0.265 e. The van der Waals surface area contributed by atoms with Gasteiger partial charge in [-0.2, -0.15) is 0 Å².